The summed E-state index contributed by atoms with van der Waals surface area (Å²) in [5.74, 6) is 1.96. The third-order valence-corrected chi connectivity index (χ3v) is 8.49. The molecule has 3 N–H and O–H groups in total. The second-order valence-corrected chi connectivity index (χ2v) is 10.0. The second-order valence-electron chi connectivity index (χ2n) is 7.31. The minimum Gasteiger partial charge on any atom is -0.326 e. The number of amides is 4. The van der Waals surface area contributed by atoms with E-state index < -0.39 is 11.6 Å². The lowest BCUT2D eigenvalue weighted by Gasteiger charge is -2.33. The number of hydrogen-bond acceptors (Lipinski definition) is 5. The van der Waals surface area contributed by atoms with Crippen LogP contribution in [0.4, 0.5) is 10.5 Å². The molecule has 144 valence electrons. The van der Waals surface area contributed by atoms with E-state index in [2.05, 4.69) is 28.1 Å². The number of thioether (sulfide) groups is 2. The van der Waals surface area contributed by atoms with Crippen LogP contribution in [0.3, 0.4) is 0 Å². The Morgan fingerprint density at radius 3 is 2.56 bits per heavy atom. The summed E-state index contributed by atoms with van der Waals surface area (Å²) < 4.78 is 0.439. The maximum absolute atomic E-state index is 12.7. The lowest BCUT2D eigenvalue weighted by atomic mass is 9.76. The van der Waals surface area contributed by atoms with Gasteiger partial charge in [-0.1, -0.05) is 12.1 Å². The Hall–Kier alpha value is -1.67. The highest BCUT2D eigenvalue weighted by Crippen LogP contribution is 2.44. The zero-order valence-corrected chi connectivity index (χ0v) is 16.6. The average Bonchev–Trinajstić information content (AvgIpc) is 2.96. The molecule has 8 heteroatoms. The first-order chi connectivity index (χ1) is 13.1. The molecule has 6 nitrogen and oxygen atoms in total. The van der Waals surface area contributed by atoms with Gasteiger partial charge in [-0.2, -0.15) is 0 Å². The van der Waals surface area contributed by atoms with E-state index in [9.17, 15) is 14.4 Å². The molecule has 0 radical (unpaired) electrons. The van der Waals surface area contributed by atoms with Gasteiger partial charge in [0.2, 0.25) is 5.91 Å². The third kappa shape index (κ3) is 3.96. The van der Waals surface area contributed by atoms with E-state index in [0.29, 0.717) is 30.3 Å². The maximum Gasteiger partial charge on any atom is 0.322 e. The number of rotatable bonds is 3. The molecule has 2 saturated heterocycles. The zero-order chi connectivity index (χ0) is 18.9. The molecule has 1 saturated carbocycles. The van der Waals surface area contributed by atoms with E-state index in [0.717, 1.165) is 5.69 Å². The summed E-state index contributed by atoms with van der Waals surface area (Å²) in [4.78, 5) is 36.1. The zero-order valence-electron chi connectivity index (χ0n) is 15.0. The predicted octanol–water partition coefficient (Wildman–Crippen LogP) is 3.26. The van der Waals surface area contributed by atoms with Gasteiger partial charge in [-0.15, -0.1) is 23.5 Å². The van der Waals surface area contributed by atoms with Crippen LogP contribution in [-0.4, -0.2) is 34.9 Å². The number of carbonyl (C=O) groups excluding carboxylic acids is 3. The van der Waals surface area contributed by atoms with Gasteiger partial charge < -0.3 is 10.6 Å². The monoisotopic (exact) mass is 405 g/mol. The highest BCUT2D eigenvalue weighted by molar-refractivity contribution is 8.16. The molecule has 2 aliphatic heterocycles. The fourth-order valence-corrected chi connectivity index (χ4v) is 6.81. The van der Waals surface area contributed by atoms with E-state index in [1.165, 1.54) is 23.5 Å². The van der Waals surface area contributed by atoms with Crippen molar-refractivity contribution in [2.45, 2.75) is 42.2 Å². The van der Waals surface area contributed by atoms with Crippen LogP contribution in [0, 0.1) is 5.92 Å². The van der Waals surface area contributed by atoms with Gasteiger partial charge in [0.1, 0.15) is 5.54 Å². The quantitative estimate of drug-likeness (QED) is 0.672. The van der Waals surface area contributed by atoms with Crippen LogP contribution in [0.25, 0.3) is 0 Å². The summed E-state index contributed by atoms with van der Waals surface area (Å²) in [5, 5.41) is 8.09. The van der Waals surface area contributed by atoms with Crippen molar-refractivity contribution in [3.8, 4) is 0 Å². The van der Waals surface area contributed by atoms with E-state index in [4.69, 9.17) is 0 Å². The van der Waals surface area contributed by atoms with Crippen molar-refractivity contribution in [2.75, 3.05) is 16.8 Å². The molecule has 0 unspecified atom stereocenters. The molecule has 27 heavy (non-hydrogen) atoms. The van der Waals surface area contributed by atoms with Crippen LogP contribution < -0.4 is 16.0 Å². The minimum atomic E-state index is -0.816. The van der Waals surface area contributed by atoms with Gasteiger partial charge >= 0.3 is 6.03 Å². The van der Waals surface area contributed by atoms with Gasteiger partial charge in [0, 0.05) is 11.6 Å². The summed E-state index contributed by atoms with van der Waals surface area (Å²) in [6.07, 6.45) is 3.43. The lowest BCUT2D eigenvalue weighted by Crippen LogP contribution is -2.50. The van der Waals surface area contributed by atoms with Gasteiger partial charge in [0.25, 0.3) is 5.91 Å². The number of anilines is 1. The molecule has 4 rings (SSSR count). The molecule has 0 atom stereocenters. The summed E-state index contributed by atoms with van der Waals surface area (Å²) >= 11 is 3.92. The molecule has 2 heterocycles. The van der Waals surface area contributed by atoms with Crippen LogP contribution in [0.2, 0.25) is 0 Å². The van der Waals surface area contributed by atoms with Crippen molar-refractivity contribution in [3.05, 3.63) is 29.8 Å². The second kappa shape index (κ2) is 7.75. The summed E-state index contributed by atoms with van der Waals surface area (Å²) in [5.41, 5.74) is 1.26. The third-order valence-electron chi connectivity index (χ3n) is 5.48. The van der Waals surface area contributed by atoms with E-state index >= 15 is 0 Å². The predicted molar refractivity (Wildman–Crippen MR) is 109 cm³/mol. The van der Waals surface area contributed by atoms with Crippen molar-refractivity contribution in [2.24, 2.45) is 5.92 Å². The van der Waals surface area contributed by atoms with Crippen LogP contribution in [0.15, 0.2) is 24.3 Å². The number of carbonyl (C=O) groups is 3. The van der Waals surface area contributed by atoms with E-state index in [1.54, 1.807) is 0 Å². The highest BCUT2D eigenvalue weighted by Gasteiger charge is 2.48. The van der Waals surface area contributed by atoms with E-state index in [1.807, 2.05) is 35.7 Å². The molecular formula is C19H23N3O3S2. The van der Waals surface area contributed by atoms with Gasteiger partial charge in [-0.25, -0.2) is 4.79 Å². The molecule has 1 aromatic carbocycles. The van der Waals surface area contributed by atoms with Crippen molar-refractivity contribution in [1.82, 2.24) is 10.6 Å². The van der Waals surface area contributed by atoms with Crippen LogP contribution in [-0.2, 0) is 9.59 Å². The Labute approximate surface area is 167 Å². The SMILES string of the molecule is O=C1NC(=O)C2(CCC(C(=O)Nc3cccc(C4SCCCS4)c3)CC2)N1. The fraction of sp³-hybridized carbons (Fsp3) is 0.526. The summed E-state index contributed by atoms with van der Waals surface area (Å²) in [7, 11) is 0. The van der Waals surface area contributed by atoms with E-state index in [-0.39, 0.29) is 17.7 Å². The van der Waals surface area contributed by atoms with Crippen molar-refractivity contribution in [1.29, 1.82) is 0 Å². The number of nitrogens with one attached hydrogen (secondary N) is 3. The van der Waals surface area contributed by atoms with Gasteiger partial charge in [0.05, 0.1) is 4.58 Å². The summed E-state index contributed by atoms with van der Waals surface area (Å²) in [6, 6.07) is 7.68. The first-order valence-corrected chi connectivity index (χ1v) is 11.4. The Morgan fingerprint density at radius 1 is 1.15 bits per heavy atom. The van der Waals surface area contributed by atoms with Gasteiger partial charge in [-0.05, 0) is 61.3 Å². The topological polar surface area (TPSA) is 87.3 Å². The molecular weight excluding hydrogens is 382 g/mol. The number of benzene rings is 1. The molecule has 0 bridgehead atoms. The molecule has 1 aromatic rings. The number of hydrogen-bond donors (Lipinski definition) is 3. The molecule has 1 aliphatic carbocycles. The minimum absolute atomic E-state index is 0.00400. The highest BCUT2D eigenvalue weighted by atomic mass is 32.2. The maximum atomic E-state index is 12.7. The Morgan fingerprint density at radius 2 is 1.89 bits per heavy atom. The van der Waals surface area contributed by atoms with Crippen molar-refractivity contribution in [3.63, 3.8) is 0 Å². The Bertz CT molecular complexity index is 756. The van der Waals surface area contributed by atoms with Crippen LogP contribution in [0.1, 0.15) is 42.2 Å². The molecule has 4 amide bonds. The molecule has 3 aliphatic rings. The number of urea groups is 1. The first-order valence-electron chi connectivity index (χ1n) is 9.33. The average molecular weight is 406 g/mol. The standard InChI is InChI=1S/C19H23N3O3S2/c23-15(12-5-7-19(8-6-12)17(24)21-18(25)22-19)20-14-4-1-3-13(11-14)16-26-9-2-10-27-16/h1,3-4,11-12,16H,2,5-10H2,(H,20,23)(H2,21,22,24,25). The van der Waals surface area contributed by atoms with Crippen molar-refractivity contribution < 1.29 is 14.4 Å². The smallest absolute Gasteiger partial charge is 0.322 e. The summed E-state index contributed by atoms with van der Waals surface area (Å²) in [6.45, 7) is 0. The molecule has 0 aromatic heterocycles. The number of imide groups is 1. The Kier molecular flexibility index (Phi) is 5.36. The fourth-order valence-electron chi connectivity index (χ4n) is 3.94. The van der Waals surface area contributed by atoms with Crippen LogP contribution >= 0.6 is 23.5 Å². The molecule has 1 spiro atoms. The van der Waals surface area contributed by atoms with Crippen molar-refractivity contribution >= 4 is 47.1 Å². The molecule has 3 fully saturated rings. The normalized spacial score (nSPS) is 28.7. The van der Waals surface area contributed by atoms with Gasteiger partial charge in [-0.3, -0.25) is 14.9 Å². The lowest BCUT2D eigenvalue weighted by molar-refractivity contribution is -0.128. The first kappa shape index (κ1) is 18.7. The Balaban J connectivity index is 1.36. The van der Waals surface area contributed by atoms with Gasteiger partial charge in [0.15, 0.2) is 0 Å². The largest absolute Gasteiger partial charge is 0.326 e. The van der Waals surface area contributed by atoms with Crippen LogP contribution in [0.5, 0.6) is 0 Å².